The molecule has 1 aliphatic heterocycles. The number of sulfone groups is 1. The molecule has 2 N–H and O–H groups in total. The fraction of sp³-hybridized carbons (Fsp3) is 0.500. The first-order chi connectivity index (χ1) is 8.47. The fourth-order valence-electron chi connectivity index (χ4n) is 2.10. The van der Waals surface area contributed by atoms with Gasteiger partial charge in [0, 0.05) is 18.4 Å². The van der Waals surface area contributed by atoms with Gasteiger partial charge in [0.2, 0.25) is 0 Å². The van der Waals surface area contributed by atoms with Gasteiger partial charge in [-0.25, -0.2) is 8.42 Å². The van der Waals surface area contributed by atoms with E-state index in [0.29, 0.717) is 23.3 Å². The average molecular weight is 334 g/mol. The number of nitrogens with one attached hydrogen (secondary N) is 1. The lowest BCUT2D eigenvalue weighted by Crippen LogP contribution is -2.66. The van der Waals surface area contributed by atoms with Crippen LogP contribution in [-0.2, 0) is 15.2 Å². The number of aryl methyl sites for hydroxylation is 1. The summed E-state index contributed by atoms with van der Waals surface area (Å²) in [6, 6.07) is 5.28. The first kappa shape index (κ1) is 14.0. The maximum atomic E-state index is 12.6. The minimum absolute atomic E-state index is 0.307. The number of rotatable bonds is 4. The molecule has 1 aliphatic rings. The van der Waals surface area contributed by atoms with Crippen LogP contribution < -0.4 is 5.32 Å². The van der Waals surface area contributed by atoms with Gasteiger partial charge < -0.3 is 10.4 Å². The van der Waals surface area contributed by atoms with Crippen molar-refractivity contribution >= 4 is 25.8 Å². The van der Waals surface area contributed by atoms with E-state index in [9.17, 15) is 13.5 Å². The van der Waals surface area contributed by atoms with Crippen LogP contribution in [0.25, 0.3) is 0 Å². The molecule has 0 aliphatic carbocycles. The van der Waals surface area contributed by atoms with Crippen molar-refractivity contribution in [1.29, 1.82) is 0 Å². The number of alkyl halides is 1. The Balaban J connectivity index is 2.54. The predicted octanol–water partition coefficient (Wildman–Crippen LogP) is 0.998. The summed E-state index contributed by atoms with van der Waals surface area (Å²) >= 11 is 3.32. The molecule has 0 bridgehead atoms. The smallest absolute Gasteiger partial charge is 0.189 e. The number of aliphatic hydroxyl groups excluding tert-OH is 1. The molecule has 0 aromatic heterocycles. The topological polar surface area (TPSA) is 66.4 Å². The molecule has 0 spiro atoms. The van der Waals surface area contributed by atoms with Crippen molar-refractivity contribution in [1.82, 2.24) is 5.32 Å². The number of benzene rings is 1. The van der Waals surface area contributed by atoms with Gasteiger partial charge in [-0.15, -0.1) is 0 Å². The van der Waals surface area contributed by atoms with Gasteiger partial charge in [0.15, 0.2) is 9.84 Å². The van der Waals surface area contributed by atoms with E-state index < -0.39 is 14.6 Å². The second-order valence-corrected chi connectivity index (χ2v) is 7.57. The van der Waals surface area contributed by atoms with E-state index >= 15 is 0 Å². The monoisotopic (exact) mass is 333 g/mol. The molecule has 4 nitrogen and oxygen atoms in total. The molecule has 0 saturated carbocycles. The summed E-state index contributed by atoms with van der Waals surface area (Å²) in [5.74, 6) is 0. The van der Waals surface area contributed by atoms with Crippen molar-refractivity contribution in [3.8, 4) is 0 Å². The summed E-state index contributed by atoms with van der Waals surface area (Å²) in [6.45, 7) is 2.19. The van der Waals surface area contributed by atoms with Crippen LogP contribution in [0.4, 0.5) is 0 Å². The Bertz CT molecular complexity index is 547. The summed E-state index contributed by atoms with van der Waals surface area (Å²) < 4.78 is 24.2. The van der Waals surface area contributed by atoms with Crippen LogP contribution in [0.15, 0.2) is 23.1 Å². The first-order valence-electron chi connectivity index (χ1n) is 5.68. The van der Waals surface area contributed by atoms with E-state index in [2.05, 4.69) is 21.2 Å². The van der Waals surface area contributed by atoms with E-state index in [0.717, 1.165) is 11.1 Å². The molecule has 18 heavy (non-hydrogen) atoms. The lowest BCUT2D eigenvalue weighted by molar-refractivity contribution is 0.197. The van der Waals surface area contributed by atoms with Crippen molar-refractivity contribution in [2.45, 2.75) is 21.9 Å². The Morgan fingerprint density at radius 3 is 2.56 bits per heavy atom. The normalized spacial score (nSPS) is 18.4. The standard InChI is InChI=1S/C12H16BrNO3S/c1-9-2-3-11(10(4-9)5-13)18(16,17)12(8-15)6-14-7-12/h2-4,14-15H,5-8H2,1H3. The van der Waals surface area contributed by atoms with Crippen LogP contribution in [0, 0.1) is 6.92 Å². The molecule has 1 fully saturated rings. The Morgan fingerprint density at radius 2 is 2.11 bits per heavy atom. The highest BCUT2D eigenvalue weighted by Crippen LogP contribution is 2.32. The van der Waals surface area contributed by atoms with Crippen molar-refractivity contribution in [2.24, 2.45) is 0 Å². The molecular formula is C12H16BrNO3S. The Hall–Kier alpha value is -0.430. The average Bonchev–Trinajstić information content (AvgIpc) is 2.27. The third-order valence-electron chi connectivity index (χ3n) is 3.40. The molecule has 0 unspecified atom stereocenters. The predicted molar refractivity (Wildman–Crippen MR) is 73.7 cm³/mol. The van der Waals surface area contributed by atoms with Crippen molar-refractivity contribution in [2.75, 3.05) is 19.7 Å². The Kier molecular flexibility index (Phi) is 3.82. The van der Waals surface area contributed by atoms with E-state index in [1.54, 1.807) is 12.1 Å². The highest BCUT2D eigenvalue weighted by Gasteiger charge is 2.49. The zero-order valence-corrected chi connectivity index (χ0v) is 12.5. The second kappa shape index (κ2) is 4.92. The lowest BCUT2D eigenvalue weighted by atomic mass is 10.0. The van der Waals surface area contributed by atoms with E-state index in [1.165, 1.54) is 0 Å². The highest BCUT2D eigenvalue weighted by atomic mass is 79.9. The minimum Gasteiger partial charge on any atom is -0.395 e. The molecular weight excluding hydrogens is 318 g/mol. The van der Waals surface area contributed by atoms with Crippen LogP contribution in [0.3, 0.4) is 0 Å². The zero-order valence-electron chi connectivity index (χ0n) is 10.1. The van der Waals surface area contributed by atoms with Crippen molar-refractivity contribution in [3.63, 3.8) is 0 Å². The summed E-state index contributed by atoms with van der Waals surface area (Å²) in [7, 11) is -3.52. The quantitative estimate of drug-likeness (QED) is 0.807. The van der Waals surface area contributed by atoms with E-state index in [1.807, 2.05) is 13.0 Å². The summed E-state index contributed by atoms with van der Waals surface area (Å²) in [5.41, 5.74) is 1.77. The molecule has 0 radical (unpaired) electrons. The third kappa shape index (κ3) is 2.01. The van der Waals surface area contributed by atoms with Gasteiger partial charge in [-0.3, -0.25) is 0 Å². The first-order valence-corrected chi connectivity index (χ1v) is 8.29. The molecule has 0 atom stereocenters. The number of halogens is 1. The van der Waals surface area contributed by atoms with Gasteiger partial charge >= 0.3 is 0 Å². The van der Waals surface area contributed by atoms with Gasteiger partial charge in [-0.05, 0) is 18.6 Å². The van der Waals surface area contributed by atoms with Crippen LogP contribution in [0.2, 0.25) is 0 Å². The number of hydrogen-bond acceptors (Lipinski definition) is 4. The Labute approximate surface area is 115 Å². The van der Waals surface area contributed by atoms with Crippen LogP contribution in [-0.4, -0.2) is 38.0 Å². The van der Waals surface area contributed by atoms with Gasteiger partial charge in [-0.2, -0.15) is 0 Å². The molecule has 100 valence electrons. The van der Waals surface area contributed by atoms with Crippen LogP contribution in [0.5, 0.6) is 0 Å². The van der Waals surface area contributed by atoms with Gasteiger partial charge in [0.25, 0.3) is 0 Å². The summed E-state index contributed by atoms with van der Waals surface area (Å²) in [4.78, 5) is 0.320. The Morgan fingerprint density at radius 1 is 1.44 bits per heavy atom. The fourth-order valence-corrected chi connectivity index (χ4v) is 4.69. The van der Waals surface area contributed by atoms with Gasteiger partial charge in [-0.1, -0.05) is 33.6 Å². The molecule has 6 heteroatoms. The number of hydrogen-bond donors (Lipinski definition) is 2. The lowest BCUT2D eigenvalue weighted by Gasteiger charge is -2.40. The van der Waals surface area contributed by atoms with Crippen molar-refractivity contribution in [3.05, 3.63) is 29.3 Å². The molecule has 2 rings (SSSR count). The maximum absolute atomic E-state index is 12.6. The van der Waals surface area contributed by atoms with Crippen LogP contribution >= 0.6 is 15.9 Å². The molecule has 1 aromatic carbocycles. The van der Waals surface area contributed by atoms with Gasteiger partial charge in [0.1, 0.15) is 4.75 Å². The van der Waals surface area contributed by atoms with Crippen molar-refractivity contribution < 1.29 is 13.5 Å². The van der Waals surface area contributed by atoms with Gasteiger partial charge in [0.05, 0.1) is 11.5 Å². The van der Waals surface area contributed by atoms with Crippen LogP contribution in [0.1, 0.15) is 11.1 Å². The second-order valence-electron chi connectivity index (χ2n) is 4.69. The summed E-state index contributed by atoms with van der Waals surface area (Å²) in [6.07, 6.45) is 0. The molecule has 1 saturated heterocycles. The zero-order chi connectivity index (χ0) is 13.4. The largest absolute Gasteiger partial charge is 0.395 e. The molecule has 1 heterocycles. The minimum atomic E-state index is -3.52. The molecule has 1 aromatic rings. The number of aliphatic hydroxyl groups is 1. The SMILES string of the molecule is Cc1ccc(S(=O)(=O)C2(CO)CNC2)c(CBr)c1. The maximum Gasteiger partial charge on any atom is 0.189 e. The van der Waals surface area contributed by atoms with E-state index in [4.69, 9.17) is 0 Å². The molecule has 0 amide bonds. The highest BCUT2D eigenvalue weighted by molar-refractivity contribution is 9.08. The summed E-state index contributed by atoms with van der Waals surface area (Å²) in [5, 5.41) is 12.8. The third-order valence-corrected chi connectivity index (χ3v) is 6.54. The van der Waals surface area contributed by atoms with E-state index in [-0.39, 0.29) is 6.61 Å².